The minimum absolute atomic E-state index is 0.00196. The van der Waals surface area contributed by atoms with Crippen LogP contribution in [0.4, 0.5) is 5.69 Å². The number of esters is 1. The molecule has 5 rings (SSSR count). The fraction of sp³-hybridized carbons (Fsp3) is 0.133. The van der Waals surface area contributed by atoms with Gasteiger partial charge in [-0.05, 0) is 72.8 Å². The molecule has 1 aromatic heterocycles. The molecular weight excluding hydrogens is 558 g/mol. The molecule has 1 saturated heterocycles. The number of guanidine groups is 1. The second-order valence-corrected chi connectivity index (χ2v) is 9.64. The fourth-order valence-electron chi connectivity index (χ4n) is 4.63. The molecule has 0 radical (unpaired) electrons. The summed E-state index contributed by atoms with van der Waals surface area (Å²) in [6, 6.07) is 18.6. The van der Waals surface area contributed by atoms with Gasteiger partial charge in [-0.3, -0.25) is 4.79 Å². The number of pyridine rings is 1. The second kappa shape index (κ2) is 11.9. The Morgan fingerprint density at radius 1 is 0.860 bits per heavy atom. The molecule has 1 fully saturated rings. The second-order valence-electron chi connectivity index (χ2n) is 9.64. The third-order valence-corrected chi connectivity index (χ3v) is 6.66. The number of hydrogen-bond donors (Lipinski definition) is 4. The Labute approximate surface area is 244 Å². The summed E-state index contributed by atoms with van der Waals surface area (Å²) in [7, 11) is 0. The van der Waals surface area contributed by atoms with E-state index in [2.05, 4.69) is 9.98 Å². The lowest BCUT2D eigenvalue weighted by molar-refractivity contribution is -0.141. The molecule has 2 heterocycles. The maximum Gasteiger partial charge on any atom is 0.343 e. The molecule has 0 bridgehead atoms. The van der Waals surface area contributed by atoms with Crippen molar-refractivity contribution in [2.45, 2.75) is 18.6 Å². The zero-order valence-electron chi connectivity index (χ0n) is 22.4. The van der Waals surface area contributed by atoms with Crippen LogP contribution in [0, 0.1) is 0 Å². The van der Waals surface area contributed by atoms with E-state index in [0.29, 0.717) is 22.3 Å². The number of carboxylic acid groups (broad SMARTS) is 2. The summed E-state index contributed by atoms with van der Waals surface area (Å²) in [4.78, 5) is 58.5. The zero-order valence-corrected chi connectivity index (χ0v) is 22.4. The number of benzene rings is 3. The average molecular weight is 584 g/mol. The summed E-state index contributed by atoms with van der Waals surface area (Å²) in [5.74, 6) is -2.93. The molecule has 1 aliphatic heterocycles. The van der Waals surface area contributed by atoms with Crippen LogP contribution in [0.2, 0.25) is 0 Å². The Morgan fingerprint density at radius 3 is 2.19 bits per heavy atom. The number of aromatic carboxylic acids is 1. The number of carboxylic acids is 2. The Morgan fingerprint density at radius 2 is 1.53 bits per heavy atom. The Bertz CT molecular complexity index is 1750. The number of amides is 1. The predicted octanol–water partition coefficient (Wildman–Crippen LogP) is 2.80. The molecule has 13 heteroatoms. The first-order valence-corrected chi connectivity index (χ1v) is 12.9. The molecule has 3 aromatic carbocycles. The van der Waals surface area contributed by atoms with Crippen LogP contribution in [0.1, 0.15) is 37.6 Å². The standard InChI is InChI=1S/C30H25N5O8/c31-30(32)33-19-6-1-17(2-7-19)29(41)43-21-10-12-23-18(13-21)5-11-24(34-23)26(36)35-15-22(14-25(35)28(39)40)42-20-8-3-16(4-9-20)27(37)38/h1-13,22,25H,14-15H2,(H,37,38)(H,39,40)(H4,31,32,33)/t22-,25-/m0/s1. The third kappa shape index (κ3) is 6.51. The number of aliphatic imine (C=N–C) groups is 1. The Kier molecular flexibility index (Phi) is 7.88. The first-order chi connectivity index (χ1) is 20.6. The lowest BCUT2D eigenvalue weighted by Crippen LogP contribution is -2.41. The van der Waals surface area contributed by atoms with Crippen molar-refractivity contribution in [2.75, 3.05) is 6.54 Å². The van der Waals surface area contributed by atoms with Gasteiger partial charge in [0.1, 0.15) is 29.3 Å². The SMILES string of the molecule is NC(N)=Nc1ccc(C(=O)Oc2ccc3nc(C(=O)N4C[C@@H](Oc5ccc(C(=O)O)cc5)C[C@H]4C(=O)O)ccc3c2)cc1. The van der Waals surface area contributed by atoms with Crippen LogP contribution in [0.15, 0.2) is 83.9 Å². The molecular formula is C30H25N5O8. The monoisotopic (exact) mass is 583 g/mol. The van der Waals surface area contributed by atoms with Gasteiger partial charge in [0, 0.05) is 11.8 Å². The normalized spacial score (nSPS) is 16.0. The smallest absolute Gasteiger partial charge is 0.343 e. The van der Waals surface area contributed by atoms with E-state index in [9.17, 15) is 24.3 Å². The summed E-state index contributed by atoms with van der Waals surface area (Å²) < 4.78 is 11.3. The zero-order chi connectivity index (χ0) is 30.7. The Hall–Kier alpha value is -5.98. The topological polar surface area (TPSA) is 208 Å². The maximum absolute atomic E-state index is 13.4. The van der Waals surface area contributed by atoms with Crippen molar-refractivity contribution in [1.29, 1.82) is 0 Å². The molecule has 218 valence electrons. The minimum atomic E-state index is -1.18. The van der Waals surface area contributed by atoms with Crippen molar-refractivity contribution in [3.05, 3.63) is 95.7 Å². The van der Waals surface area contributed by atoms with E-state index in [1.54, 1.807) is 30.3 Å². The van der Waals surface area contributed by atoms with Crippen LogP contribution in [0.25, 0.3) is 10.9 Å². The third-order valence-electron chi connectivity index (χ3n) is 6.66. The van der Waals surface area contributed by atoms with Gasteiger partial charge in [0.05, 0.1) is 28.9 Å². The number of aliphatic carboxylic acids is 1. The summed E-state index contributed by atoms with van der Waals surface area (Å²) in [6.45, 7) is -0.00196. The van der Waals surface area contributed by atoms with Gasteiger partial charge in [-0.2, -0.15) is 0 Å². The molecule has 13 nitrogen and oxygen atoms in total. The van der Waals surface area contributed by atoms with Gasteiger partial charge < -0.3 is 36.1 Å². The number of ether oxygens (including phenoxy) is 2. The van der Waals surface area contributed by atoms with Crippen LogP contribution >= 0.6 is 0 Å². The summed E-state index contributed by atoms with van der Waals surface area (Å²) in [6.07, 6.45) is -0.581. The number of carbonyl (C=O) groups is 4. The number of aromatic nitrogens is 1. The molecule has 0 aliphatic carbocycles. The molecule has 4 aromatic rings. The number of hydrogen-bond acceptors (Lipinski definition) is 8. The molecule has 1 aliphatic rings. The van der Waals surface area contributed by atoms with E-state index >= 15 is 0 Å². The fourth-order valence-corrected chi connectivity index (χ4v) is 4.63. The quantitative estimate of drug-likeness (QED) is 0.103. The van der Waals surface area contributed by atoms with Gasteiger partial charge >= 0.3 is 17.9 Å². The van der Waals surface area contributed by atoms with E-state index in [-0.39, 0.29) is 41.5 Å². The highest BCUT2D eigenvalue weighted by molar-refractivity contribution is 5.98. The summed E-state index contributed by atoms with van der Waals surface area (Å²) >= 11 is 0. The van der Waals surface area contributed by atoms with E-state index in [1.807, 2.05) is 0 Å². The number of nitrogens with two attached hydrogens (primary N) is 2. The van der Waals surface area contributed by atoms with Crippen molar-refractivity contribution in [3.63, 3.8) is 0 Å². The van der Waals surface area contributed by atoms with E-state index in [1.165, 1.54) is 53.4 Å². The van der Waals surface area contributed by atoms with Crippen molar-refractivity contribution in [3.8, 4) is 11.5 Å². The maximum atomic E-state index is 13.4. The van der Waals surface area contributed by atoms with Gasteiger partial charge in [-0.1, -0.05) is 6.07 Å². The number of nitrogens with zero attached hydrogens (tertiary/aromatic N) is 3. The van der Waals surface area contributed by atoms with Crippen LogP contribution in [-0.2, 0) is 4.79 Å². The molecule has 0 unspecified atom stereocenters. The van der Waals surface area contributed by atoms with Gasteiger partial charge in [-0.15, -0.1) is 0 Å². The summed E-state index contributed by atoms with van der Waals surface area (Å²) in [5.41, 5.74) is 12.0. The van der Waals surface area contributed by atoms with Gasteiger partial charge in [-0.25, -0.2) is 24.4 Å². The van der Waals surface area contributed by atoms with Crippen LogP contribution < -0.4 is 20.9 Å². The van der Waals surface area contributed by atoms with E-state index < -0.39 is 36.0 Å². The minimum Gasteiger partial charge on any atom is -0.488 e. The van der Waals surface area contributed by atoms with Crippen LogP contribution in [0.3, 0.4) is 0 Å². The largest absolute Gasteiger partial charge is 0.488 e. The van der Waals surface area contributed by atoms with Gasteiger partial charge in [0.2, 0.25) is 0 Å². The molecule has 2 atom stereocenters. The highest BCUT2D eigenvalue weighted by Crippen LogP contribution is 2.27. The van der Waals surface area contributed by atoms with E-state index in [4.69, 9.17) is 26.0 Å². The van der Waals surface area contributed by atoms with Crippen LogP contribution in [-0.4, -0.2) is 68.6 Å². The molecule has 43 heavy (non-hydrogen) atoms. The predicted molar refractivity (Wildman–Crippen MR) is 154 cm³/mol. The summed E-state index contributed by atoms with van der Waals surface area (Å²) in [5, 5.41) is 19.4. The molecule has 1 amide bonds. The Balaban J connectivity index is 1.28. The van der Waals surface area contributed by atoms with Crippen molar-refractivity contribution in [2.24, 2.45) is 16.5 Å². The van der Waals surface area contributed by atoms with Crippen molar-refractivity contribution in [1.82, 2.24) is 9.88 Å². The van der Waals surface area contributed by atoms with E-state index in [0.717, 1.165) is 0 Å². The number of likely N-dealkylation sites (tertiary alicyclic amines) is 1. The van der Waals surface area contributed by atoms with Crippen LogP contribution in [0.5, 0.6) is 11.5 Å². The lowest BCUT2D eigenvalue weighted by Gasteiger charge is -2.21. The average Bonchev–Trinajstić information content (AvgIpc) is 3.41. The van der Waals surface area contributed by atoms with Gasteiger partial charge in [0.15, 0.2) is 5.96 Å². The van der Waals surface area contributed by atoms with Gasteiger partial charge in [0.25, 0.3) is 5.91 Å². The highest BCUT2D eigenvalue weighted by Gasteiger charge is 2.41. The van der Waals surface area contributed by atoms with Crippen molar-refractivity contribution < 1.29 is 38.9 Å². The number of carbonyl (C=O) groups excluding carboxylic acids is 2. The number of rotatable bonds is 8. The first-order valence-electron chi connectivity index (χ1n) is 12.9. The molecule has 0 spiro atoms. The molecule has 6 N–H and O–H groups in total. The molecule has 0 saturated carbocycles. The first kappa shape index (κ1) is 28.5. The highest BCUT2D eigenvalue weighted by atomic mass is 16.5. The lowest BCUT2D eigenvalue weighted by atomic mass is 10.1. The number of fused-ring (bicyclic) bond motifs is 1. The van der Waals surface area contributed by atoms with Crippen molar-refractivity contribution >= 4 is 46.4 Å².